The monoisotopic (exact) mass is 605 g/mol. The third kappa shape index (κ3) is 6.19. The van der Waals surface area contributed by atoms with Crippen LogP contribution < -0.4 is 10.2 Å². The number of hydrogen-bond donors (Lipinski definition) is 2. The summed E-state index contributed by atoms with van der Waals surface area (Å²) in [6.45, 7) is 0. The Morgan fingerprint density at radius 2 is 1.81 bits per heavy atom. The third-order valence-electron chi connectivity index (χ3n) is 4.83. The molecule has 1 heterocycles. The van der Waals surface area contributed by atoms with Gasteiger partial charge in [-0.2, -0.15) is 5.10 Å². The summed E-state index contributed by atoms with van der Waals surface area (Å²) < 4.78 is 7.41. The van der Waals surface area contributed by atoms with E-state index in [2.05, 4.69) is 36.7 Å². The van der Waals surface area contributed by atoms with Gasteiger partial charge in [0, 0.05) is 21.3 Å². The highest BCUT2D eigenvalue weighted by molar-refractivity contribution is 9.10. The molecule has 184 valence electrons. The van der Waals surface area contributed by atoms with Crippen LogP contribution in [0, 0.1) is 0 Å². The van der Waals surface area contributed by atoms with Crippen molar-refractivity contribution in [2.45, 2.75) is 5.16 Å². The minimum atomic E-state index is -0.334. The molecule has 0 saturated carbocycles. The van der Waals surface area contributed by atoms with Gasteiger partial charge in [-0.1, -0.05) is 35.0 Å². The van der Waals surface area contributed by atoms with Crippen molar-refractivity contribution in [2.24, 2.45) is 5.10 Å². The largest absolute Gasteiger partial charge is 0.503 e. The summed E-state index contributed by atoms with van der Waals surface area (Å²) in [6, 6.07) is 17.7. The van der Waals surface area contributed by atoms with Crippen molar-refractivity contribution in [1.29, 1.82) is 0 Å². The molecular weight excluding hydrogens is 589 g/mol. The molecule has 3 aromatic carbocycles. The topological polar surface area (TPSA) is 102 Å². The average Bonchev–Trinajstić information content (AvgIpc) is 3.29. The van der Waals surface area contributed by atoms with Crippen LogP contribution in [0.4, 0.5) is 0 Å². The van der Waals surface area contributed by atoms with Crippen molar-refractivity contribution in [3.8, 4) is 28.6 Å². The van der Waals surface area contributed by atoms with Gasteiger partial charge in [-0.15, -0.1) is 10.2 Å². The molecule has 0 unspecified atom stereocenters. The molecule has 36 heavy (non-hydrogen) atoms. The Morgan fingerprint density at radius 3 is 2.47 bits per heavy atom. The first-order valence-corrected chi connectivity index (χ1v) is 12.9. The van der Waals surface area contributed by atoms with E-state index in [9.17, 15) is 9.90 Å². The van der Waals surface area contributed by atoms with Crippen molar-refractivity contribution < 1.29 is 14.6 Å². The maximum absolute atomic E-state index is 12.4. The van der Waals surface area contributed by atoms with Crippen molar-refractivity contribution in [1.82, 2.24) is 20.2 Å². The lowest BCUT2D eigenvalue weighted by Gasteiger charge is -2.10. The highest BCUT2D eigenvalue weighted by Gasteiger charge is 2.17. The molecular formula is C24H18BrCl2N5O3S. The van der Waals surface area contributed by atoms with E-state index >= 15 is 0 Å². The minimum Gasteiger partial charge on any atom is -0.503 e. The maximum Gasteiger partial charge on any atom is 0.250 e. The summed E-state index contributed by atoms with van der Waals surface area (Å²) in [6.07, 6.45) is 1.45. The van der Waals surface area contributed by atoms with Gasteiger partial charge < -0.3 is 9.84 Å². The van der Waals surface area contributed by atoms with Gasteiger partial charge in [0.15, 0.2) is 22.5 Å². The normalized spacial score (nSPS) is 11.1. The number of phenolic OH excluding ortho intramolecular Hbond substituents is 1. The number of carbonyl (C=O) groups is 1. The number of phenols is 1. The van der Waals surface area contributed by atoms with Gasteiger partial charge in [0.1, 0.15) is 0 Å². The van der Waals surface area contributed by atoms with E-state index in [0.717, 1.165) is 11.3 Å². The highest BCUT2D eigenvalue weighted by atomic mass is 79.9. The molecule has 4 aromatic rings. The molecule has 1 aromatic heterocycles. The molecule has 2 N–H and O–H groups in total. The molecule has 0 saturated heterocycles. The minimum absolute atomic E-state index is 0.0159. The fraction of sp³-hybridized carbons (Fsp3) is 0.0833. The zero-order valence-corrected chi connectivity index (χ0v) is 22.6. The summed E-state index contributed by atoms with van der Waals surface area (Å²) in [7, 11) is 1.45. The van der Waals surface area contributed by atoms with Gasteiger partial charge in [0.25, 0.3) is 5.91 Å². The average molecular weight is 607 g/mol. The number of methoxy groups -OCH3 is 1. The Morgan fingerprint density at radius 1 is 1.14 bits per heavy atom. The van der Waals surface area contributed by atoms with Gasteiger partial charge in [-0.3, -0.25) is 9.36 Å². The second-order valence-electron chi connectivity index (χ2n) is 7.26. The molecule has 8 nitrogen and oxygen atoms in total. The predicted octanol–water partition coefficient (Wildman–Crippen LogP) is 5.96. The number of nitrogens with one attached hydrogen (secondary N) is 1. The number of carbonyl (C=O) groups excluding carboxylic acids is 1. The van der Waals surface area contributed by atoms with Gasteiger partial charge in [0.05, 0.1) is 23.5 Å². The van der Waals surface area contributed by atoms with Crippen molar-refractivity contribution in [3.05, 3.63) is 80.7 Å². The number of amides is 1. The highest BCUT2D eigenvalue weighted by Crippen LogP contribution is 2.34. The van der Waals surface area contributed by atoms with Crippen LogP contribution in [0.15, 0.2) is 75.4 Å². The number of aromatic hydroxyl groups is 1. The molecule has 0 bridgehead atoms. The van der Waals surface area contributed by atoms with Crippen LogP contribution in [-0.4, -0.2) is 44.9 Å². The summed E-state index contributed by atoms with van der Waals surface area (Å²) in [5.74, 6) is 0.580. The number of rotatable bonds is 8. The Bertz CT molecular complexity index is 1410. The van der Waals surface area contributed by atoms with Crippen LogP contribution in [0.3, 0.4) is 0 Å². The second kappa shape index (κ2) is 11.8. The van der Waals surface area contributed by atoms with Crippen LogP contribution in [0.2, 0.25) is 10.0 Å². The second-order valence-corrected chi connectivity index (χ2v) is 9.93. The maximum atomic E-state index is 12.4. The fourth-order valence-corrected chi connectivity index (χ4v) is 4.59. The number of halogens is 3. The number of ether oxygens (including phenoxy) is 1. The lowest BCUT2D eigenvalue weighted by molar-refractivity contribution is -0.118. The Kier molecular flexibility index (Phi) is 8.52. The Balaban J connectivity index is 1.49. The van der Waals surface area contributed by atoms with Crippen molar-refractivity contribution in [3.63, 3.8) is 0 Å². The number of hydrazone groups is 1. The number of aromatic nitrogens is 3. The summed E-state index contributed by atoms with van der Waals surface area (Å²) in [5, 5.41) is 24.3. The van der Waals surface area contributed by atoms with Gasteiger partial charge in [0.2, 0.25) is 0 Å². The van der Waals surface area contributed by atoms with E-state index in [0.29, 0.717) is 31.1 Å². The Hall–Kier alpha value is -3.05. The number of nitrogens with zero attached hydrogens (tertiary/aromatic N) is 4. The fourth-order valence-electron chi connectivity index (χ4n) is 3.14. The van der Waals surface area contributed by atoms with Crippen LogP contribution in [0.25, 0.3) is 17.1 Å². The van der Waals surface area contributed by atoms with Crippen LogP contribution in [-0.2, 0) is 4.79 Å². The molecule has 12 heteroatoms. The summed E-state index contributed by atoms with van der Waals surface area (Å²) >= 11 is 16.6. The summed E-state index contributed by atoms with van der Waals surface area (Å²) in [4.78, 5) is 12.4. The quantitative estimate of drug-likeness (QED) is 0.146. The predicted molar refractivity (Wildman–Crippen MR) is 146 cm³/mol. The van der Waals surface area contributed by atoms with Crippen LogP contribution >= 0.6 is 50.9 Å². The standard InChI is InChI=1S/C24H18BrCl2N5O3S/c1-35-20-11-14(10-19(25)22(20)34)12-28-29-21(33)13-36-24-31-30-23(15-2-4-16(26)5-3-15)32(24)18-8-6-17(27)7-9-18/h2-12,34H,13H2,1H3,(H,29,33)/b28-12+. The van der Waals surface area contributed by atoms with Crippen LogP contribution in [0.5, 0.6) is 11.5 Å². The lowest BCUT2D eigenvalue weighted by atomic mass is 10.2. The van der Waals surface area contributed by atoms with Crippen molar-refractivity contribution in [2.75, 3.05) is 12.9 Å². The van der Waals surface area contributed by atoms with Crippen molar-refractivity contribution >= 4 is 63.0 Å². The Labute approximate surface area is 229 Å². The number of thioether (sulfide) groups is 1. The number of benzene rings is 3. The van der Waals surface area contributed by atoms with E-state index in [1.165, 1.54) is 25.1 Å². The molecule has 1 amide bonds. The molecule has 0 fully saturated rings. The van der Waals surface area contributed by atoms with Gasteiger partial charge in [-0.05, 0) is 82.2 Å². The zero-order chi connectivity index (χ0) is 25.7. The smallest absolute Gasteiger partial charge is 0.250 e. The van der Waals surface area contributed by atoms with E-state index in [-0.39, 0.29) is 23.2 Å². The molecule has 0 atom stereocenters. The molecule has 4 rings (SSSR count). The molecule has 0 aliphatic carbocycles. The molecule has 0 aliphatic heterocycles. The van der Waals surface area contributed by atoms with E-state index in [1.54, 1.807) is 36.4 Å². The number of hydrogen-bond acceptors (Lipinski definition) is 7. The lowest BCUT2D eigenvalue weighted by Crippen LogP contribution is -2.20. The zero-order valence-electron chi connectivity index (χ0n) is 18.7. The molecule has 0 spiro atoms. The van der Waals surface area contributed by atoms with E-state index in [4.69, 9.17) is 27.9 Å². The SMILES string of the molecule is COc1cc(/C=N/NC(=O)CSc2nnc(-c3ccc(Cl)cc3)n2-c2ccc(Cl)cc2)cc(Br)c1O. The third-order valence-corrected chi connectivity index (χ3v) is 6.86. The van der Waals surface area contributed by atoms with E-state index in [1.807, 2.05) is 28.8 Å². The first-order chi connectivity index (χ1) is 17.4. The van der Waals surface area contributed by atoms with E-state index < -0.39 is 0 Å². The summed E-state index contributed by atoms with van der Waals surface area (Å²) in [5.41, 5.74) is 4.72. The first kappa shape index (κ1) is 26.0. The first-order valence-electron chi connectivity index (χ1n) is 10.3. The van der Waals surface area contributed by atoms with Gasteiger partial charge in [-0.25, -0.2) is 5.43 Å². The molecule has 0 aliphatic rings. The molecule has 0 radical (unpaired) electrons. The van der Waals surface area contributed by atoms with Crippen LogP contribution in [0.1, 0.15) is 5.56 Å². The van der Waals surface area contributed by atoms with Gasteiger partial charge >= 0.3 is 0 Å².